The quantitative estimate of drug-likeness (QED) is 0.656. The van der Waals surface area contributed by atoms with Crippen molar-refractivity contribution in [1.29, 1.82) is 0 Å². The van der Waals surface area contributed by atoms with E-state index >= 15 is 0 Å². The normalized spacial score (nSPS) is 10.1. The van der Waals surface area contributed by atoms with Crippen molar-refractivity contribution < 1.29 is 0 Å². The Labute approximate surface area is 111 Å². The van der Waals surface area contributed by atoms with Crippen LogP contribution in [0.2, 0.25) is 0 Å². The van der Waals surface area contributed by atoms with E-state index in [1.54, 1.807) is 11.8 Å². The fourth-order valence-corrected chi connectivity index (χ4v) is 2.30. The second-order valence-electron chi connectivity index (χ2n) is 3.95. The smallest absolute Gasteiger partial charge is 0.191 e. The van der Waals surface area contributed by atoms with E-state index < -0.39 is 0 Å². The topological polar surface area (TPSA) is 64.4 Å². The Morgan fingerprint density at radius 1 is 0.889 bits per heavy atom. The number of nitrogens with zero attached hydrogens (tertiary/aromatic N) is 1. The van der Waals surface area contributed by atoms with Gasteiger partial charge in [0.05, 0.1) is 5.69 Å². The first-order valence-electron chi connectivity index (χ1n) is 5.58. The van der Waals surface area contributed by atoms with E-state index in [1.165, 1.54) is 10.5 Å². The highest BCUT2D eigenvalue weighted by molar-refractivity contribution is 7.99. The molecule has 2 aromatic rings. The summed E-state index contributed by atoms with van der Waals surface area (Å²) in [7, 11) is 0. The zero-order chi connectivity index (χ0) is 13.0. The Morgan fingerprint density at radius 3 is 1.89 bits per heavy atom. The third-order valence-electron chi connectivity index (χ3n) is 2.35. The molecule has 0 atom stereocenters. The Morgan fingerprint density at radius 2 is 1.39 bits per heavy atom. The molecule has 0 aliphatic rings. The van der Waals surface area contributed by atoms with E-state index in [1.807, 2.05) is 24.3 Å². The summed E-state index contributed by atoms with van der Waals surface area (Å²) < 4.78 is 0. The Kier molecular flexibility index (Phi) is 3.89. The molecule has 0 radical (unpaired) electrons. The molecule has 0 bridgehead atoms. The lowest BCUT2D eigenvalue weighted by Crippen LogP contribution is -2.21. The molecule has 0 saturated carbocycles. The van der Waals surface area contributed by atoms with Gasteiger partial charge in [0.25, 0.3) is 0 Å². The number of guanidine groups is 1. The van der Waals surface area contributed by atoms with Crippen LogP contribution in [0.15, 0.2) is 63.3 Å². The third-order valence-corrected chi connectivity index (χ3v) is 3.37. The maximum atomic E-state index is 5.32. The maximum absolute atomic E-state index is 5.32. The number of aryl methyl sites for hydroxylation is 1. The number of nitrogens with two attached hydrogens (primary N) is 2. The molecular formula is C14H15N3S. The van der Waals surface area contributed by atoms with Gasteiger partial charge in [0.2, 0.25) is 0 Å². The first-order valence-corrected chi connectivity index (χ1v) is 6.39. The van der Waals surface area contributed by atoms with Crippen LogP contribution in [0.3, 0.4) is 0 Å². The first kappa shape index (κ1) is 12.5. The molecule has 0 spiro atoms. The second kappa shape index (κ2) is 5.60. The number of aliphatic imine (C=N–C) groups is 1. The number of hydrogen-bond donors (Lipinski definition) is 2. The van der Waals surface area contributed by atoms with E-state index in [2.05, 4.69) is 36.2 Å². The molecule has 0 aromatic heterocycles. The maximum Gasteiger partial charge on any atom is 0.191 e. The third kappa shape index (κ3) is 3.53. The van der Waals surface area contributed by atoms with Gasteiger partial charge in [0.1, 0.15) is 0 Å². The summed E-state index contributed by atoms with van der Waals surface area (Å²) in [4.78, 5) is 6.36. The molecule has 0 amide bonds. The summed E-state index contributed by atoms with van der Waals surface area (Å²) in [5.74, 6) is 0.0777. The minimum Gasteiger partial charge on any atom is -0.370 e. The van der Waals surface area contributed by atoms with Crippen molar-refractivity contribution >= 4 is 23.4 Å². The Balaban J connectivity index is 2.11. The van der Waals surface area contributed by atoms with E-state index in [0.717, 1.165) is 10.6 Å². The highest BCUT2D eigenvalue weighted by atomic mass is 32.2. The van der Waals surface area contributed by atoms with E-state index in [0.29, 0.717) is 0 Å². The minimum atomic E-state index is 0.0777. The standard InChI is InChI=1S/C14H15N3S/c1-10-2-6-12(7-3-10)18-13-8-4-11(5-9-13)17-14(15)16/h2-9H,1H3,(H4,15,16,17). The molecule has 0 saturated heterocycles. The SMILES string of the molecule is Cc1ccc(Sc2ccc(N=C(N)N)cc2)cc1. The van der Waals surface area contributed by atoms with Gasteiger partial charge in [-0.15, -0.1) is 0 Å². The summed E-state index contributed by atoms with van der Waals surface area (Å²) in [6.07, 6.45) is 0. The second-order valence-corrected chi connectivity index (χ2v) is 5.09. The van der Waals surface area contributed by atoms with Crippen molar-refractivity contribution in [2.75, 3.05) is 0 Å². The summed E-state index contributed by atoms with van der Waals surface area (Å²) in [6, 6.07) is 16.3. The molecule has 18 heavy (non-hydrogen) atoms. The van der Waals surface area contributed by atoms with Crippen LogP contribution in [0.1, 0.15) is 5.56 Å². The van der Waals surface area contributed by atoms with E-state index in [4.69, 9.17) is 11.5 Å². The molecule has 0 aliphatic heterocycles. The molecular weight excluding hydrogens is 242 g/mol. The summed E-state index contributed by atoms with van der Waals surface area (Å²) in [5, 5.41) is 0. The molecule has 3 nitrogen and oxygen atoms in total. The van der Waals surface area contributed by atoms with Crippen molar-refractivity contribution in [3.05, 3.63) is 54.1 Å². The van der Waals surface area contributed by atoms with Crippen molar-refractivity contribution in [3.63, 3.8) is 0 Å². The zero-order valence-electron chi connectivity index (χ0n) is 10.1. The number of rotatable bonds is 3. The van der Waals surface area contributed by atoms with Gasteiger partial charge in [-0.1, -0.05) is 29.5 Å². The van der Waals surface area contributed by atoms with Crippen LogP contribution in [-0.4, -0.2) is 5.96 Å². The van der Waals surface area contributed by atoms with Crippen LogP contribution in [0, 0.1) is 6.92 Å². The summed E-state index contributed by atoms with van der Waals surface area (Å²) in [6.45, 7) is 2.08. The fourth-order valence-electron chi connectivity index (χ4n) is 1.48. The van der Waals surface area contributed by atoms with Gasteiger partial charge in [0.15, 0.2) is 5.96 Å². The molecule has 4 heteroatoms. The largest absolute Gasteiger partial charge is 0.370 e. The van der Waals surface area contributed by atoms with Crippen LogP contribution < -0.4 is 11.5 Å². The molecule has 0 fully saturated rings. The first-order chi connectivity index (χ1) is 8.63. The Hall–Kier alpha value is -1.94. The van der Waals surface area contributed by atoms with Crippen molar-refractivity contribution in [1.82, 2.24) is 0 Å². The van der Waals surface area contributed by atoms with Crippen LogP contribution in [0.5, 0.6) is 0 Å². The van der Waals surface area contributed by atoms with E-state index in [9.17, 15) is 0 Å². The summed E-state index contributed by atoms with van der Waals surface area (Å²) in [5.41, 5.74) is 12.7. The molecule has 4 N–H and O–H groups in total. The van der Waals surface area contributed by atoms with E-state index in [-0.39, 0.29) is 5.96 Å². The zero-order valence-corrected chi connectivity index (χ0v) is 10.9. The van der Waals surface area contributed by atoms with Gasteiger partial charge >= 0.3 is 0 Å². The monoisotopic (exact) mass is 257 g/mol. The average molecular weight is 257 g/mol. The highest BCUT2D eigenvalue weighted by Crippen LogP contribution is 2.29. The van der Waals surface area contributed by atoms with Gasteiger partial charge in [0, 0.05) is 9.79 Å². The lowest BCUT2D eigenvalue weighted by atomic mass is 10.2. The molecule has 2 aromatic carbocycles. The molecule has 0 aliphatic carbocycles. The highest BCUT2D eigenvalue weighted by Gasteiger charge is 1.97. The van der Waals surface area contributed by atoms with Crippen molar-refractivity contribution in [3.8, 4) is 0 Å². The van der Waals surface area contributed by atoms with Crippen LogP contribution in [0.4, 0.5) is 5.69 Å². The fraction of sp³-hybridized carbons (Fsp3) is 0.0714. The molecule has 92 valence electrons. The van der Waals surface area contributed by atoms with Gasteiger partial charge in [-0.3, -0.25) is 0 Å². The molecule has 2 rings (SSSR count). The number of benzene rings is 2. The Bertz CT molecular complexity index is 540. The number of hydrogen-bond acceptors (Lipinski definition) is 2. The average Bonchev–Trinajstić information content (AvgIpc) is 2.34. The predicted octanol–water partition coefficient (Wildman–Crippen LogP) is 3.05. The van der Waals surface area contributed by atoms with Gasteiger partial charge in [-0.25, -0.2) is 4.99 Å². The van der Waals surface area contributed by atoms with Crippen molar-refractivity contribution in [2.24, 2.45) is 16.5 Å². The predicted molar refractivity (Wildman–Crippen MR) is 77.2 cm³/mol. The lowest BCUT2D eigenvalue weighted by molar-refractivity contribution is 1.35. The minimum absolute atomic E-state index is 0.0777. The van der Waals surface area contributed by atoms with Gasteiger partial charge in [-0.2, -0.15) is 0 Å². The van der Waals surface area contributed by atoms with Crippen LogP contribution in [0.25, 0.3) is 0 Å². The van der Waals surface area contributed by atoms with Crippen LogP contribution >= 0.6 is 11.8 Å². The molecule has 0 unspecified atom stereocenters. The lowest BCUT2D eigenvalue weighted by Gasteiger charge is -2.02. The van der Waals surface area contributed by atoms with Gasteiger partial charge in [-0.05, 0) is 43.3 Å². The summed E-state index contributed by atoms with van der Waals surface area (Å²) >= 11 is 1.71. The van der Waals surface area contributed by atoms with Crippen LogP contribution in [-0.2, 0) is 0 Å². The van der Waals surface area contributed by atoms with Gasteiger partial charge < -0.3 is 11.5 Å². The van der Waals surface area contributed by atoms with Crippen molar-refractivity contribution in [2.45, 2.75) is 16.7 Å². The molecule has 0 heterocycles.